The van der Waals surface area contributed by atoms with Crippen LogP contribution >= 0.6 is 24.0 Å². The first-order valence-electron chi connectivity index (χ1n) is 7.69. The van der Waals surface area contributed by atoms with Crippen LogP contribution in [0.5, 0.6) is 0 Å². The van der Waals surface area contributed by atoms with Gasteiger partial charge in [-0.3, -0.25) is 4.79 Å². The first-order chi connectivity index (χ1) is 9.96. The molecule has 2 N–H and O–H groups in total. The van der Waals surface area contributed by atoms with Gasteiger partial charge < -0.3 is 10.6 Å². The molecule has 0 bridgehead atoms. The summed E-state index contributed by atoms with van der Waals surface area (Å²) >= 11 is 6.03. The van der Waals surface area contributed by atoms with E-state index in [1.807, 2.05) is 18.2 Å². The molecule has 0 unspecified atom stereocenters. The van der Waals surface area contributed by atoms with Crippen molar-refractivity contribution in [1.29, 1.82) is 0 Å². The van der Waals surface area contributed by atoms with Crippen molar-refractivity contribution in [1.82, 2.24) is 10.6 Å². The quantitative estimate of drug-likeness (QED) is 0.858. The lowest BCUT2D eigenvalue weighted by Gasteiger charge is -2.28. The van der Waals surface area contributed by atoms with Gasteiger partial charge in [0.2, 0.25) is 5.91 Å². The van der Waals surface area contributed by atoms with Gasteiger partial charge in [0, 0.05) is 17.5 Å². The summed E-state index contributed by atoms with van der Waals surface area (Å²) < 4.78 is 0. The molecule has 0 spiro atoms. The van der Waals surface area contributed by atoms with Crippen LogP contribution in [0.2, 0.25) is 5.02 Å². The zero-order valence-electron chi connectivity index (χ0n) is 13.3. The van der Waals surface area contributed by atoms with Crippen LogP contribution in [0, 0.1) is 11.3 Å². The second kappa shape index (κ2) is 8.76. The Hall–Kier alpha value is -0.770. The van der Waals surface area contributed by atoms with Crippen molar-refractivity contribution in [3.63, 3.8) is 0 Å². The predicted octanol–water partition coefficient (Wildman–Crippen LogP) is 3.45. The summed E-state index contributed by atoms with van der Waals surface area (Å²) in [5.74, 6) is 0.379. The number of amides is 1. The summed E-state index contributed by atoms with van der Waals surface area (Å²) in [5, 5.41) is 7.18. The molecule has 5 heteroatoms. The molecule has 0 atom stereocenters. The summed E-state index contributed by atoms with van der Waals surface area (Å²) in [7, 11) is 0. The van der Waals surface area contributed by atoms with Crippen LogP contribution in [-0.2, 0) is 11.2 Å². The molecule has 1 fully saturated rings. The van der Waals surface area contributed by atoms with Crippen LogP contribution in [0.4, 0.5) is 0 Å². The van der Waals surface area contributed by atoms with E-state index >= 15 is 0 Å². The van der Waals surface area contributed by atoms with E-state index in [0.717, 1.165) is 37.4 Å². The molecule has 1 amide bonds. The van der Waals surface area contributed by atoms with Crippen LogP contribution in [-0.4, -0.2) is 25.5 Å². The highest BCUT2D eigenvalue weighted by Gasteiger charge is 2.24. The van der Waals surface area contributed by atoms with Gasteiger partial charge in [-0.1, -0.05) is 37.6 Å². The van der Waals surface area contributed by atoms with E-state index in [1.54, 1.807) is 0 Å². The van der Waals surface area contributed by atoms with E-state index in [-0.39, 0.29) is 29.6 Å². The second-order valence-corrected chi connectivity index (χ2v) is 7.15. The number of hydrogen-bond acceptors (Lipinski definition) is 2. The Morgan fingerprint density at radius 3 is 2.68 bits per heavy atom. The Kier molecular flexibility index (Phi) is 7.67. The molecule has 2 rings (SSSR count). The van der Waals surface area contributed by atoms with Crippen LogP contribution < -0.4 is 10.6 Å². The Labute approximate surface area is 144 Å². The van der Waals surface area contributed by atoms with Crippen LogP contribution in [0.1, 0.15) is 32.3 Å². The summed E-state index contributed by atoms with van der Waals surface area (Å²) in [6.45, 7) is 6.95. The minimum absolute atomic E-state index is 0. The van der Waals surface area contributed by atoms with Gasteiger partial charge in [-0.05, 0) is 55.5 Å². The molecule has 3 nitrogen and oxygen atoms in total. The Bertz CT molecular complexity index is 485. The second-order valence-electron chi connectivity index (χ2n) is 6.71. The SMILES string of the molecule is CC(C)(CNC(=O)C1CCNCC1)Cc1cccc(Cl)c1.Cl. The average molecular weight is 345 g/mol. The van der Waals surface area contributed by atoms with Crippen LogP contribution in [0.15, 0.2) is 24.3 Å². The van der Waals surface area contributed by atoms with E-state index in [1.165, 1.54) is 5.56 Å². The van der Waals surface area contributed by atoms with E-state index in [0.29, 0.717) is 6.54 Å². The predicted molar refractivity (Wildman–Crippen MR) is 94.8 cm³/mol. The van der Waals surface area contributed by atoms with Crippen molar-refractivity contribution in [2.45, 2.75) is 33.1 Å². The van der Waals surface area contributed by atoms with Gasteiger partial charge in [0.25, 0.3) is 0 Å². The maximum Gasteiger partial charge on any atom is 0.223 e. The minimum Gasteiger partial charge on any atom is -0.355 e. The minimum atomic E-state index is 0. The van der Waals surface area contributed by atoms with Crippen molar-refractivity contribution in [3.8, 4) is 0 Å². The maximum absolute atomic E-state index is 12.2. The molecule has 1 aromatic rings. The summed E-state index contributed by atoms with van der Waals surface area (Å²) in [6.07, 6.45) is 2.79. The van der Waals surface area contributed by atoms with Gasteiger partial charge in [0.05, 0.1) is 0 Å². The molecule has 1 aliphatic rings. The molecule has 0 aliphatic carbocycles. The highest BCUT2D eigenvalue weighted by molar-refractivity contribution is 6.30. The third-order valence-electron chi connectivity index (χ3n) is 4.02. The van der Waals surface area contributed by atoms with Crippen molar-refractivity contribution in [3.05, 3.63) is 34.9 Å². The summed E-state index contributed by atoms with van der Waals surface area (Å²) in [4.78, 5) is 12.2. The zero-order valence-corrected chi connectivity index (χ0v) is 14.9. The number of benzene rings is 1. The molecular weight excluding hydrogens is 319 g/mol. The number of piperidine rings is 1. The van der Waals surface area contributed by atoms with E-state index in [9.17, 15) is 4.79 Å². The lowest BCUT2D eigenvalue weighted by molar-refractivity contribution is -0.126. The molecule has 124 valence electrons. The Balaban J connectivity index is 0.00000242. The number of carbonyl (C=O) groups excluding carboxylic acids is 1. The van der Waals surface area contributed by atoms with Gasteiger partial charge in [-0.15, -0.1) is 12.4 Å². The van der Waals surface area contributed by atoms with Crippen LogP contribution in [0.3, 0.4) is 0 Å². The fourth-order valence-corrected chi connectivity index (χ4v) is 3.03. The number of carbonyl (C=O) groups is 1. The lowest BCUT2D eigenvalue weighted by atomic mass is 9.85. The van der Waals surface area contributed by atoms with Crippen molar-refractivity contribution in [2.75, 3.05) is 19.6 Å². The van der Waals surface area contributed by atoms with E-state index < -0.39 is 0 Å². The number of nitrogens with one attached hydrogen (secondary N) is 2. The van der Waals surface area contributed by atoms with Gasteiger partial charge in [-0.2, -0.15) is 0 Å². The number of hydrogen-bond donors (Lipinski definition) is 2. The Morgan fingerprint density at radius 2 is 2.05 bits per heavy atom. The normalized spacial score (nSPS) is 16.0. The maximum atomic E-state index is 12.2. The molecule has 1 aliphatic heterocycles. The van der Waals surface area contributed by atoms with Gasteiger partial charge in [0.1, 0.15) is 0 Å². The molecule has 22 heavy (non-hydrogen) atoms. The van der Waals surface area contributed by atoms with Crippen LogP contribution in [0.25, 0.3) is 0 Å². The highest BCUT2D eigenvalue weighted by atomic mass is 35.5. The monoisotopic (exact) mass is 344 g/mol. The van der Waals surface area contributed by atoms with Gasteiger partial charge in [-0.25, -0.2) is 0 Å². The zero-order chi connectivity index (χ0) is 15.3. The van der Waals surface area contributed by atoms with Gasteiger partial charge >= 0.3 is 0 Å². The first kappa shape index (κ1) is 19.3. The molecule has 1 aromatic carbocycles. The largest absolute Gasteiger partial charge is 0.355 e. The average Bonchev–Trinajstić information content (AvgIpc) is 2.45. The third-order valence-corrected chi connectivity index (χ3v) is 4.26. The smallest absolute Gasteiger partial charge is 0.223 e. The number of rotatable bonds is 5. The standard InChI is InChI=1S/C17H25ClN2O.ClH/c1-17(2,11-13-4-3-5-15(18)10-13)12-20-16(21)14-6-8-19-9-7-14;/h3-5,10,14,19H,6-9,11-12H2,1-2H3,(H,20,21);1H. The summed E-state index contributed by atoms with van der Waals surface area (Å²) in [5.41, 5.74) is 1.23. The first-order valence-corrected chi connectivity index (χ1v) is 8.07. The molecule has 0 saturated carbocycles. The van der Waals surface area contributed by atoms with E-state index in [4.69, 9.17) is 11.6 Å². The van der Waals surface area contributed by atoms with Gasteiger partial charge in [0.15, 0.2) is 0 Å². The molecular formula is C17H26Cl2N2O. The molecule has 1 saturated heterocycles. The lowest BCUT2D eigenvalue weighted by Crippen LogP contribution is -2.42. The van der Waals surface area contributed by atoms with E-state index in [2.05, 4.69) is 30.5 Å². The van der Waals surface area contributed by atoms with Crippen molar-refractivity contribution >= 4 is 29.9 Å². The molecule has 0 aromatic heterocycles. The third kappa shape index (κ3) is 6.15. The molecule has 0 radical (unpaired) electrons. The fraction of sp³-hybridized carbons (Fsp3) is 0.588. The topological polar surface area (TPSA) is 41.1 Å². The fourth-order valence-electron chi connectivity index (χ4n) is 2.82. The summed E-state index contributed by atoms with van der Waals surface area (Å²) in [6, 6.07) is 7.94. The molecule has 1 heterocycles. The van der Waals surface area contributed by atoms with Crippen molar-refractivity contribution < 1.29 is 4.79 Å². The van der Waals surface area contributed by atoms with Crippen molar-refractivity contribution in [2.24, 2.45) is 11.3 Å². The highest BCUT2D eigenvalue weighted by Crippen LogP contribution is 2.23. The Morgan fingerprint density at radius 1 is 1.36 bits per heavy atom. The number of halogens is 2.